The van der Waals surface area contributed by atoms with E-state index in [2.05, 4.69) is 10.6 Å². The molecule has 0 unspecified atom stereocenters. The van der Waals surface area contributed by atoms with Gasteiger partial charge in [0.15, 0.2) is 11.5 Å². The van der Waals surface area contributed by atoms with Gasteiger partial charge >= 0.3 is 0 Å². The van der Waals surface area contributed by atoms with Crippen LogP contribution in [0.3, 0.4) is 0 Å². The van der Waals surface area contributed by atoms with E-state index >= 15 is 0 Å². The average Bonchev–Trinajstić information content (AvgIpc) is 2.78. The van der Waals surface area contributed by atoms with E-state index in [0.29, 0.717) is 57.6 Å². The Bertz CT molecular complexity index is 1150. The lowest BCUT2D eigenvalue weighted by atomic mass is 10.1. The van der Waals surface area contributed by atoms with Crippen molar-refractivity contribution in [3.63, 3.8) is 0 Å². The van der Waals surface area contributed by atoms with E-state index in [0.717, 1.165) is 16.9 Å². The Labute approximate surface area is 221 Å². The molecule has 3 aromatic rings. The molecule has 0 heterocycles. The largest absolute Gasteiger partial charge is 0.490 e. The van der Waals surface area contributed by atoms with E-state index in [1.54, 1.807) is 18.2 Å². The summed E-state index contributed by atoms with van der Waals surface area (Å²) < 4.78 is 11.8. The van der Waals surface area contributed by atoms with Crippen LogP contribution in [0.15, 0.2) is 54.6 Å². The van der Waals surface area contributed by atoms with Crippen LogP contribution in [-0.4, -0.2) is 12.5 Å². The van der Waals surface area contributed by atoms with E-state index in [1.165, 1.54) is 0 Å². The smallest absolute Gasteiger partial charge is 0.224 e. The molecule has 0 fully saturated rings. The van der Waals surface area contributed by atoms with Gasteiger partial charge in [-0.05, 0) is 60.9 Å². The molecule has 0 aromatic heterocycles. The molecule has 35 heavy (non-hydrogen) atoms. The van der Waals surface area contributed by atoms with Gasteiger partial charge in [-0.3, -0.25) is 4.79 Å². The molecule has 0 spiro atoms. The van der Waals surface area contributed by atoms with Crippen LogP contribution in [0, 0.1) is 5.92 Å². The number of hydrogen-bond donors (Lipinski definition) is 2. The minimum absolute atomic E-state index is 0.000968. The van der Waals surface area contributed by atoms with E-state index < -0.39 is 0 Å². The van der Waals surface area contributed by atoms with Gasteiger partial charge in [-0.2, -0.15) is 0 Å². The second kappa shape index (κ2) is 12.9. The molecule has 3 aromatic carbocycles. The molecular weight excluding hydrogens is 507 g/mol. The molecule has 0 aliphatic heterocycles. The minimum atomic E-state index is -0.000968. The third-order valence-corrected chi connectivity index (χ3v) is 6.02. The van der Waals surface area contributed by atoms with E-state index in [-0.39, 0.29) is 12.5 Å². The number of hydrogen-bond acceptors (Lipinski definition) is 4. The number of carbonyl (C=O) groups excluding carboxylic acids is 1. The highest BCUT2D eigenvalue weighted by molar-refractivity contribution is 6.36. The van der Waals surface area contributed by atoms with Crippen molar-refractivity contribution < 1.29 is 14.3 Å². The highest BCUT2D eigenvalue weighted by Crippen LogP contribution is 2.38. The van der Waals surface area contributed by atoms with Crippen LogP contribution in [-0.2, 0) is 17.9 Å². The molecule has 0 saturated carbocycles. The second-order valence-corrected chi connectivity index (χ2v) is 9.63. The first-order valence-corrected chi connectivity index (χ1v) is 12.5. The van der Waals surface area contributed by atoms with Crippen molar-refractivity contribution in [2.45, 2.75) is 40.3 Å². The predicted octanol–water partition coefficient (Wildman–Crippen LogP) is 8.22. The van der Waals surface area contributed by atoms with Gasteiger partial charge in [-0.25, -0.2) is 0 Å². The molecule has 0 aliphatic rings. The lowest BCUT2D eigenvalue weighted by molar-refractivity contribution is -0.116. The number of nitrogens with one attached hydrogen (secondary N) is 2. The summed E-state index contributed by atoms with van der Waals surface area (Å²) in [5.74, 6) is 1.27. The Balaban J connectivity index is 1.71. The summed E-state index contributed by atoms with van der Waals surface area (Å²) in [6.07, 6.45) is 0.480. The van der Waals surface area contributed by atoms with Crippen molar-refractivity contribution in [3.05, 3.63) is 80.8 Å². The second-order valence-electron chi connectivity index (χ2n) is 8.41. The Hall–Kier alpha value is -2.60. The molecule has 1 amide bonds. The van der Waals surface area contributed by atoms with Crippen molar-refractivity contribution >= 4 is 52.1 Å². The predicted molar refractivity (Wildman–Crippen MR) is 145 cm³/mol. The Morgan fingerprint density at radius 2 is 1.60 bits per heavy atom. The maximum absolute atomic E-state index is 12.1. The minimum Gasteiger partial charge on any atom is -0.490 e. The summed E-state index contributed by atoms with van der Waals surface area (Å²) in [6.45, 7) is 7.04. The van der Waals surface area contributed by atoms with Gasteiger partial charge in [0.25, 0.3) is 0 Å². The number of carbonyl (C=O) groups is 1. The van der Waals surface area contributed by atoms with Crippen LogP contribution in [0.1, 0.15) is 38.3 Å². The molecule has 3 rings (SSSR count). The number of ether oxygens (including phenoxy) is 2. The molecule has 2 N–H and O–H groups in total. The fourth-order valence-electron chi connectivity index (χ4n) is 3.43. The summed E-state index contributed by atoms with van der Waals surface area (Å²) in [4.78, 5) is 12.1. The van der Waals surface area contributed by atoms with Crippen molar-refractivity contribution in [1.29, 1.82) is 0 Å². The normalized spacial score (nSPS) is 10.8. The van der Waals surface area contributed by atoms with Gasteiger partial charge in [0.2, 0.25) is 5.91 Å². The molecule has 0 saturated heterocycles. The van der Waals surface area contributed by atoms with E-state index in [1.807, 2.05) is 57.2 Å². The highest BCUT2D eigenvalue weighted by atomic mass is 35.5. The quantitative estimate of drug-likeness (QED) is 0.260. The number of rotatable bonds is 11. The fourth-order valence-corrected chi connectivity index (χ4v) is 4.23. The van der Waals surface area contributed by atoms with Crippen LogP contribution in [0.2, 0.25) is 15.1 Å². The summed E-state index contributed by atoms with van der Waals surface area (Å²) in [7, 11) is 0. The summed E-state index contributed by atoms with van der Waals surface area (Å²) in [5, 5.41) is 7.77. The Morgan fingerprint density at radius 3 is 2.29 bits per heavy atom. The Kier molecular flexibility index (Phi) is 9.96. The summed E-state index contributed by atoms with van der Waals surface area (Å²) in [6, 6.07) is 16.6. The van der Waals surface area contributed by atoms with Crippen molar-refractivity contribution in [2.75, 3.05) is 17.2 Å². The van der Waals surface area contributed by atoms with E-state index in [9.17, 15) is 4.79 Å². The van der Waals surface area contributed by atoms with Crippen molar-refractivity contribution in [2.24, 2.45) is 5.92 Å². The summed E-state index contributed by atoms with van der Waals surface area (Å²) >= 11 is 19.1. The van der Waals surface area contributed by atoms with Crippen molar-refractivity contribution in [3.8, 4) is 11.5 Å². The first-order valence-electron chi connectivity index (χ1n) is 11.4. The number of benzene rings is 3. The van der Waals surface area contributed by atoms with Gasteiger partial charge in [0.05, 0.1) is 11.6 Å². The van der Waals surface area contributed by atoms with Gasteiger partial charge < -0.3 is 20.1 Å². The van der Waals surface area contributed by atoms with Crippen molar-refractivity contribution in [1.82, 2.24) is 0 Å². The topological polar surface area (TPSA) is 59.6 Å². The zero-order valence-corrected chi connectivity index (χ0v) is 22.2. The first-order chi connectivity index (χ1) is 16.8. The molecule has 186 valence electrons. The van der Waals surface area contributed by atoms with Crippen LogP contribution in [0.4, 0.5) is 11.4 Å². The van der Waals surface area contributed by atoms with Gasteiger partial charge in [0, 0.05) is 39.9 Å². The molecule has 5 nitrogen and oxygen atoms in total. The fraction of sp³-hybridized carbons (Fsp3) is 0.296. The standard InChI is InChI=1S/C27H29Cl3N2O3/c1-4-34-25-13-18(12-24(30)27(25)35-16-21-22(28)9-6-10-23(21)29)15-31-19-7-5-8-20(14-19)32-26(33)11-17(2)3/h5-10,12-14,17,31H,4,11,15-16H2,1-3H3,(H,32,33). The molecule has 0 atom stereocenters. The maximum Gasteiger partial charge on any atom is 0.224 e. The third-order valence-electron chi connectivity index (χ3n) is 5.03. The SMILES string of the molecule is CCOc1cc(CNc2cccc(NC(=O)CC(C)C)c2)cc(Cl)c1OCc1c(Cl)cccc1Cl. The van der Waals surface area contributed by atoms with Gasteiger partial charge in [-0.15, -0.1) is 0 Å². The van der Waals surface area contributed by atoms with Crippen LogP contribution < -0.4 is 20.1 Å². The van der Waals surface area contributed by atoms with Gasteiger partial charge in [-0.1, -0.05) is 60.8 Å². The first kappa shape index (κ1) is 27.0. The number of anilines is 2. The number of halogens is 3. The Morgan fingerprint density at radius 1 is 0.914 bits per heavy atom. The molecular formula is C27H29Cl3N2O3. The maximum atomic E-state index is 12.1. The zero-order chi connectivity index (χ0) is 25.4. The number of amides is 1. The van der Waals surface area contributed by atoms with Crippen LogP contribution >= 0.6 is 34.8 Å². The third kappa shape index (κ3) is 7.96. The van der Waals surface area contributed by atoms with E-state index in [4.69, 9.17) is 44.3 Å². The molecule has 8 heteroatoms. The molecule has 0 bridgehead atoms. The lowest BCUT2D eigenvalue weighted by Crippen LogP contribution is -2.13. The highest BCUT2D eigenvalue weighted by Gasteiger charge is 2.15. The monoisotopic (exact) mass is 534 g/mol. The average molecular weight is 536 g/mol. The van der Waals surface area contributed by atoms with Gasteiger partial charge in [0.1, 0.15) is 6.61 Å². The summed E-state index contributed by atoms with van der Waals surface area (Å²) in [5.41, 5.74) is 3.21. The molecule has 0 aliphatic carbocycles. The lowest BCUT2D eigenvalue weighted by Gasteiger charge is -2.17. The van der Waals surface area contributed by atoms with Crippen LogP contribution in [0.25, 0.3) is 0 Å². The van der Waals surface area contributed by atoms with Crippen LogP contribution in [0.5, 0.6) is 11.5 Å². The zero-order valence-electron chi connectivity index (χ0n) is 20.0. The molecule has 0 radical (unpaired) electrons.